The van der Waals surface area contributed by atoms with Gasteiger partial charge in [-0.3, -0.25) is 14.9 Å². The molecule has 98 valence electrons. The Morgan fingerprint density at radius 1 is 1.37 bits per heavy atom. The molecule has 0 fully saturated rings. The van der Waals surface area contributed by atoms with Crippen LogP contribution in [-0.4, -0.2) is 27.7 Å². The van der Waals surface area contributed by atoms with E-state index in [1.165, 1.54) is 24.4 Å². The summed E-state index contributed by atoms with van der Waals surface area (Å²) < 4.78 is 4.88. The van der Waals surface area contributed by atoms with Gasteiger partial charge >= 0.3 is 5.97 Å². The van der Waals surface area contributed by atoms with Crippen molar-refractivity contribution >= 4 is 5.97 Å². The zero-order chi connectivity index (χ0) is 13.9. The van der Waals surface area contributed by atoms with Crippen molar-refractivity contribution in [1.29, 1.82) is 0 Å². The molecule has 1 heterocycles. The number of nitrogens with zero attached hydrogens (tertiary/aromatic N) is 2. The predicted molar refractivity (Wildman–Crippen MR) is 63.2 cm³/mol. The first kappa shape index (κ1) is 12.7. The molecule has 0 aliphatic carbocycles. The first-order valence-electron chi connectivity index (χ1n) is 5.39. The third kappa shape index (κ3) is 2.17. The number of aromatic nitrogens is 1. The van der Waals surface area contributed by atoms with Gasteiger partial charge in [0.2, 0.25) is 12.0 Å². The van der Waals surface area contributed by atoms with Crippen LogP contribution in [0.4, 0.5) is 0 Å². The van der Waals surface area contributed by atoms with Gasteiger partial charge in [-0.15, -0.1) is 0 Å². The fourth-order valence-corrected chi connectivity index (χ4v) is 1.96. The third-order valence-corrected chi connectivity index (χ3v) is 2.86. The molecule has 1 aromatic heterocycles. The maximum Gasteiger partial charge on any atom is 0.328 e. The van der Waals surface area contributed by atoms with E-state index < -0.39 is 22.9 Å². The fourth-order valence-electron chi connectivity index (χ4n) is 1.96. The number of hydrogen-bond acceptors (Lipinski definition) is 5. The van der Waals surface area contributed by atoms with E-state index >= 15 is 0 Å². The zero-order valence-electron chi connectivity index (χ0n) is 9.72. The molecule has 0 radical (unpaired) electrons. The monoisotopic (exact) mass is 262 g/mol. The molecule has 2 aromatic rings. The minimum absolute atomic E-state index is 0.0668. The lowest BCUT2D eigenvalue weighted by Gasteiger charge is -2.22. The van der Waals surface area contributed by atoms with Gasteiger partial charge in [-0.2, -0.15) is 0 Å². The van der Waals surface area contributed by atoms with E-state index in [4.69, 9.17) is 4.52 Å². The van der Waals surface area contributed by atoms with E-state index in [1.54, 1.807) is 18.2 Å². The lowest BCUT2D eigenvalue weighted by molar-refractivity contribution is -0.487. The van der Waals surface area contributed by atoms with E-state index in [0.717, 1.165) is 0 Å². The van der Waals surface area contributed by atoms with Crippen molar-refractivity contribution in [3.63, 3.8) is 0 Å². The first-order valence-corrected chi connectivity index (χ1v) is 5.39. The van der Waals surface area contributed by atoms with Gasteiger partial charge in [-0.1, -0.05) is 35.5 Å². The molecule has 2 rings (SSSR count). The Kier molecular flexibility index (Phi) is 3.28. The van der Waals surface area contributed by atoms with Crippen LogP contribution in [0.25, 0.3) is 0 Å². The van der Waals surface area contributed by atoms with Gasteiger partial charge in [0.25, 0.3) is 0 Å². The highest BCUT2D eigenvalue weighted by Gasteiger charge is 2.50. The number of hydrogen-bond donors (Lipinski definition) is 1. The van der Waals surface area contributed by atoms with Crippen molar-refractivity contribution in [3.05, 3.63) is 64.0 Å². The van der Waals surface area contributed by atoms with Crippen molar-refractivity contribution in [2.75, 3.05) is 6.54 Å². The average Bonchev–Trinajstić information content (AvgIpc) is 2.90. The number of carboxylic acids is 1. The molecular formula is C12H10N2O5. The molecular weight excluding hydrogens is 252 g/mol. The molecule has 1 unspecified atom stereocenters. The van der Waals surface area contributed by atoms with Gasteiger partial charge in [0.15, 0.2) is 5.76 Å². The summed E-state index contributed by atoms with van der Waals surface area (Å²) in [7, 11) is 0. The maximum absolute atomic E-state index is 11.7. The Morgan fingerprint density at radius 3 is 2.53 bits per heavy atom. The topological polar surface area (TPSA) is 106 Å². The first-order chi connectivity index (χ1) is 9.07. The Morgan fingerprint density at radius 2 is 2.05 bits per heavy atom. The van der Waals surface area contributed by atoms with Crippen LogP contribution in [0, 0.1) is 10.1 Å². The quantitative estimate of drug-likeness (QED) is 0.643. The van der Waals surface area contributed by atoms with Crippen LogP contribution in [0.5, 0.6) is 0 Å². The molecule has 1 atom stereocenters. The molecule has 0 aliphatic rings. The predicted octanol–water partition coefficient (Wildman–Crippen LogP) is 1.32. The normalized spacial score (nSPS) is 13.7. The Balaban J connectivity index is 2.66. The van der Waals surface area contributed by atoms with Crippen LogP contribution in [0.2, 0.25) is 0 Å². The molecule has 0 amide bonds. The highest BCUT2D eigenvalue weighted by atomic mass is 16.6. The number of carbonyl (C=O) groups is 1. The lowest BCUT2D eigenvalue weighted by Crippen LogP contribution is -2.43. The summed E-state index contributed by atoms with van der Waals surface area (Å²) in [6.45, 7) is -0.818. The SMILES string of the molecule is O=C(O)C(C[N+](=O)[O-])(c1ccccc1)c1ccno1. The Bertz CT molecular complexity index is 581. The second kappa shape index (κ2) is 4.89. The second-order valence-corrected chi connectivity index (χ2v) is 3.94. The summed E-state index contributed by atoms with van der Waals surface area (Å²) in [5.74, 6) is -1.42. The van der Waals surface area contributed by atoms with E-state index in [0.29, 0.717) is 0 Å². The molecule has 0 saturated carbocycles. The summed E-state index contributed by atoms with van der Waals surface area (Å²) in [6.07, 6.45) is 1.26. The summed E-state index contributed by atoms with van der Waals surface area (Å²) in [4.78, 5) is 21.9. The van der Waals surface area contributed by atoms with E-state index in [-0.39, 0.29) is 11.3 Å². The van der Waals surface area contributed by atoms with Crippen LogP contribution in [-0.2, 0) is 10.2 Å². The molecule has 1 N–H and O–H groups in total. The molecule has 1 aromatic carbocycles. The number of rotatable bonds is 5. The highest BCUT2D eigenvalue weighted by Crippen LogP contribution is 2.33. The summed E-state index contributed by atoms with van der Waals surface area (Å²) in [6, 6.07) is 9.28. The Labute approximate surface area is 107 Å². The molecule has 0 saturated heterocycles. The minimum Gasteiger partial charge on any atom is -0.480 e. The summed E-state index contributed by atoms with van der Waals surface area (Å²) >= 11 is 0. The molecule has 0 aliphatic heterocycles. The van der Waals surface area contributed by atoms with Crippen molar-refractivity contribution in [1.82, 2.24) is 5.16 Å². The van der Waals surface area contributed by atoms with Crippen molar-refractivity contribution in [2.45, 2.75) is 5.41 Å². The van der Waals surface area contributed by atoms with E-state index in [1.807, 2.05) is 0 Å². The molecule has 0 bridgehead atoms. The second-order valence-electron chi connectivity index (χ2n) is 3.94. The average molecular weight is 262 g/mol. The molecule has 7 heteroatoms. The van der Waals surface area contributed by atoms with Gasteiger partial charge in [0, 0.05) is 11.0 Å². The Hall–Kier alpha value is -2.70. The molecule has 7 nitrogen and oxygen atoms in total. The van der Waals surface area contributed by atoms with Crippen LogP contribution in [0.1, 0.15) is 11.3 Å². The minimum atomic E-state index is -1.87. The standard InChI is InChI=1S/C12H10N2O5/c15-11(16)12(8-14(17)18,10-6-7-13-19-10)9-4-2-1-3-5-9/h1-7H,8H2,(H,15,16). The summed E-state index contributed by atoms with van der Waals surface area (Å²) in [5.41, 5.74) is -1.60. The van der Waals surface area contributed by atoms with Gasteiger partial charge in [-0.05, 0) is 5.56 Å². The smallest absolute Gasteiger partial charge is 0.328 e. The van der Waals surface area contributed by atoms with Crippen molar-refractivity contribution in [3.8, 4) is 0 Å². The summed E-state index contributed by atoms with van der Waals surface area (Å²) in [5, 5.41) is 23.8. The number of benzene rings is 1. The van der Waals surface area contributed by atoms with Crippen molar-refractivity contribution in [2.24, 2.45) is 0 Å². The number of nitro groups is 1. The largest absolute Gasteiger partial charge is 0.480 e. The van der Waals surface area contributed by atoms with E-state index in [2.05, 4.69) is 5.16 Å². The van der Waals surface area contributed by atoms with E-state index in [9.17, 15) is 20.0 Å². The van der Waals surface area contributed by atoms with Crippen molar-refractivity contribution < 1.29 is 19.3 Å². The maximum atomic E-state index is 11.7. The fraction of sp³-hybridized carbons (Fsp3) is 0.167. The van der Waals surface area contributed by atoms with Crippen LogP contribution in [0.15, 0.2) is 47.1 Å². The van der Waals surface area contributed by atoms with Crippen LogP contribution in [0.3, 0.4) is 0 Å². The zero-order valence-corrected chi connectivity index (χ0v) is 9.72. The number of aliphatic carboxylic acids is 1. The molecule has 0 spiro atoms. The van der Waals surface area contributed by atoms with Gasteiger partial charge in [0.05, 0.1) is 6.20 Å². The third-order valence-electron chi connectivity index (χ3n) is 2.86. The van der Waals surface area contributed by atoms with Crippen LogP contribution < -0.4 is 0 Å². The highest BCUT2D eigenvalue weighted by molar-refractivity contribution is 5.85. The molecule has 19 heavy (non-hydrogen) atoms. The van der Waals surface area contributed by atoms with Gasteiger partial charge in [-0.25, -0.2) is 0 Å². The van der Waals surface area contributed by atoms with Gasteiger partial charge in [0.1, 0.15) is 0 Å². The number of carboxylic acid groups (broad SMARTS) is 1. The lowest BCUT2D eigenvalue weighted by atomic mass is 9.78. The van der Waals surface area contributed by atoms with Gasteiger partial charge < -0.3 is 9.63 Å². The van der Waals surface area contributed by atoms with Crippen LogP contribution >= 0.6 is 0 Å².